The monoisotopic (exact) mass is 628 g/mol. The molecule has 2 aromatic heterocycles. The number of carbonyl (C=O) groups is 1. The Kier molecular flexibility index (Phi) is 9.16. The van der Waals surface area contributed by atoms with Crippen LogP contribution in [-0.2, 0) is 24.8 Å². The van der Waals surface area contributed by atoms with Crippen molar-refractivity contribution >= 4 is 45.6 Å². The maximum atomic E-state index is 13.1. The van der Waals surface area contributed by atoms with Crippen molar-refractivity contribution in [1.29, 1.82) is 0 Å². The van der Waals surface area contributed by atoms with Gasteiger partial charge in [0.15, 0.2) is 27.8 Å². The van der Waals surface area contributed by atoms with E-state index in [9.17, 15) is 9.59 Å². The number of fused-ring (bicyclic) bond motifs is 1. The Morgan fingerprint density at radius 3 is 2.30 bits per heavy atom. The van der Waals surface area contributed by atoms with E-state index in [2.05, 4.69) is 88.0 Å². The molecule has 0 radical (unpaired) electrons. The van der Waals surface area contributed by atoms with Crippen molar-refractivity contribution in [2.45, 2.75) is 109 Å². The van der Waals surface area contributed by atoms with Gasteiger partial charge in [0.25, 0.3) is 5.56 Å². The molecule has 3 atom stereocenters. The van der Waals surface area contributed by atoms with Crippen LogP contribution in [0.25, 0.3) is 11.2 Å². The summed E-state index contributed by atoms with van der Waals surface area (Å²) in [5.41, 5.74) is 6.61. The molecule has 13 heteroatoms. The van der Waals surface area contributed by atoms with Gasteiger partial charge in [-0.2, -0.15) is 4.98 Å². The lowest BCUT2D eigenvalue weighted by Gasteiger charge is -2.40. The van der Waals surface area contributed by atoms with E-state index in [1.54, 1.807) is 4.57 Å². The first-order chi connectivity index (χ1) is 19.8. The lowest BCUT2D eigenvalue weighted by atomic mass is 10.1. The number of imidazole rings is 1. The van der Waals surface area contributed by atoms with Gasteiger partial charge in [-0.1, -0.05) is 71.9 Å². The highest BCUT2D eigenvalue weighted by Crippen LogP contribution is 2.43. The fourth-order valence-corrected chi connectivity index (χ4v) is 6.88. The number of anilines is 2. The van der Waals surface area contributed by atoms with Crippen molar-refractivity contribution < 1.29 is 18.4 Å². The molecule has 3 aromatic rings. The number of H-pyrrole nitrogens is 1. The number of nitrogens with zero attached hydrogens (tertiary/aromatic N) is 3. The molecule has 1 amide bonds. The number of carbonyl (C=O) groups excluding carboxylic acids is 1. The molecule has 1 aliphatic heterocycles. The molecule has 1 saturated heterocycles. The molecule has 3 heterocycles. The highest BCUT2D eigenvalue weighted by Gasteiger charge is 2.47. The van der Waals surface area contributed by atoms with Gasteiger partial charge >= 0.3 is 0 Å². The molecule has 43 heavy (non-hydrogen) atoms. The molecule has 1 aliphatic rings. The molecule has 4 rings (SSSR count). The maximum Gasteiger partial charge on any atom is 0.280 e. The Hall–Kier alpha value is -2.85. The van der Waals surface area contributed by atoms with E-state index < -0.39 is 28.4 Å². The minimum atomic E-state index is -2.20. The summed E-state index contributed by atoms with van der Waals surface area (Å²) < 4.78 is 21.9. The lowest BCUT2D eigenvalue weighted by molar-refractivity contribution is -0.115. The molecular formula is C30H48N6O5Si2. The Labute approximate surface area is 256 Å². The van der Waals surface area contributed by atoms with Crippen LogP contribution >= 0.6 is 0 Å². The van der Waals surface area contributed by atoms with Crippen LogP contribution < -0.4 is 16.6 Å². The van der Waals surface area contributed by atoms with Crippen molar-refractivity contribution in [1.82, 2.24) is 19.5 Å². The zero-order valence-corrected chi connectivity index (χ0v) is 29.2. The smallest absolute Gasteiger partial charge is 0.280 e. The van der Waals surface area contributed by atoms with Crippen molar-refractivity contribution in [2.75, 3.05) is 17.7 Å². The van der Waals surface area contributed by atoms with Crippen LogP contribution in [0.2, 0.25) is 36.3 Å². The first-order valence-corrected chi connectivity index (χ1v) is 20.7. The number of hydrogen-bond acceptors (Lipinski definition) is 8. The van der Waals surface area contributed by atoms with Gasteiger partial charge in [-0.15, -0.1) is 0 Å². The van der Waals surface area contributed by atoms with E-state index in [1.807, 2.05) is 30.3 Å². The van der Waals surface area contributed by atoms with Gasteiger partial charge in [-0.05, 0) is 41.8 Å². The maximum absolute atomic E-state index is 13.1. The summed E-state index contributed by atoms with van der Waals surface area (Å²) in [6.45, 7) is 22.5. The summed E-state index contributed by atoms with van der Waals surface area (Å²) in [5, 5.41) is 2.90. The third kappa shape index (κ3) is 7.28. The third-order valence-corrected chi connectivity index (χ3v) is 18.2. The summed E-state index contributed by atoms with van der Waals surface area (Å²) >= 11 is 0. The van der Waals surface area contributed by atoms with E-state index in [0.717, 1.165) is 5.56 Å². The molecule has 0 saturated carbocycles. The first kappa shape index (κ1) is 33.1. The SMILES string of the molecule is CC(C)(C)[Si](C)(C)OC[C@H]1O[C@@H](n2c(NC(=O)Cc3ccccc3)nc3c(=O)[nH]c(N)nc32)C[C@@H]1O[Si](C)(C)C(C)(C)C. The van der Waals surface area contributed by atoms with Gasteiger partial charge in [0.05, 0.1) is 19.1 Å². The second kappa shape index (κ2) is 11.9. The fraction of sp³-hybridized carbons (Fsp3) is 0.600. The van der Waals surface area contributed by atoms with Crippen molar-refractivity contribution in [2.24, 2.45) is 0 Å². The lowest BCUT2D eigenvalue weighted by Crippen LogP contribution is -2.48. The summed E-state index contributed by atoms with van der Waals surface area (Å²) in [5.74, 6) is -0.163. The molecule has 1 fully saturated rings. The van der Waals surface area contributed by atoms with Crippen LogP contribution in [0, 0.1) is 0 Å². The summed E-state index contributed by atoms with van der Waals surface area (Å²) in [6, 6.07) is 9.42. The number of hydrogen-bond donors (Lipinski definition) is 3. The average Bonchev–Trinajstić information content (AvgIpc) is 3.42. The highest BCUT2D eigenvalue weighted by atomic mass is 28.4. The number of nitrogen functional groups attached to an aromatic ring is 1. The van der Waals surface area contributed by atoms with Crippen LogP contribution in [0.1, 0.15) is 59.8 Å². The van der Waals surface area contributed by atoms with E-state index in [1.165, 1.54) is 0 Å². The standard InChI is InChI=1S/C30H48N6O5Si2/c1-29(2,3)42(7,8)39-18-21-20(41-43(9,10)30(4,5)6)17-23(40-21)36-25-24(26(38)35-27(31)34-25)33-28(36)32-22(37)16-19-14-12-11-13-15-19/h11-15,20-21,23H,16-18H2,1-10H3,(H,32,33,37)(H3,31,34,35,38)/t20-,21+,23+/m0/s1. The normalized spacial score (nSPS) is 20.1. The summed E-state index contributed by atoms with van der Waals surface area (Å²) in [4.78, 5) is 37.4. The molecule has 236 valence electrons. The van der Waals surface area contributed by atoms with Crippen LogP contribution in [0.3, 0.4) is 0 Å². The predicted molar refractivity (Wildman–Crippen MR) is 175 cm³/mol. The van der Waals surface area contributed by atoms with Crippen molar-refractivity contribution in [3.8, 4) is 0 Å². The fourth-order valence-electron chi connectivity index (χ4n) is 4.51. The van der Waals surface area contributed by atoms with E-state index >= 15 is 0 Å². The largest absolute Gasteiger partial charge is 0.414 e. The third-order valence-electron chi connectivity index (χ3n) is 9.16. The van der Waals surface area contributed by atoms with Crippen LogP contribution in [-0.4, -0.2) is 60.9 Å². The number of ether oxygens (including phenoxy) is 1. The minimum Gasteiger partial charge on any atom is -0.414 e. The van der Waals surface area contributed by atoms with E-state index in [-0.39, 0.29) is 57.7 Å². The number of aromatic nitrogens is 4. The molecule has 11 nitrogen and oxygen atoms in total. The average molecular weight is 629 g/mol. The van der Waals surface area contributed by atoms with Crippen molar-refractivity contribution in [3.05, 3.63) is 46.2 Å². The van der Waals surface area contributed by atoms with Gasteiger partial charge in [0, 0.05) is 6.42 Å². The van der Waals surface area contributed by atoms with E-state index in [4.69, 9.17) is 19.3 Å². The topological polar surface area (TPSA) is 146 Å². The molecule has 0 bridgehead atoms. The Bertz CT molecular complexity index is 1510. The minimum absolute atomic E-state index is 0.0164. The van der Waals surface area contributed by atoms with Gasteiger partial charge in [0.2, 0.25) is 17.8 Å². The predicted octanol–water partition coefficient (Wildman–Crippen LogP) is 5.58. The van der Waals surface area contributed by atoms with Crippen molar-refractivity contribution in [3.63, 3.8) is 0 Å². The zero-order chi connectivity index (χ0) is 32.0. The van der Waals surface area contributed by atoms with Gasteiger partial charge in [-0.25, -0.2) is 4.98 Å². The number of benzene rings is 1. The molecule has 1 aromatic carbocycles. The number of aromatic amines is 1. The Morgan fingerprint density at radius 2 is 1.70 bits per heavy atom. The second-order valence-electron chi connectivity index (χ2n) is 14.5. The zero-order valence-electron chi connectivity index (χ0n) is 27.2. The number of nitrogens with two attached hydrogens (primary N) is 1. The number of nitrogens with one attached hydrogen (secondary N) is 2. The molecule has 4 N–H and O–H groups in total. The van der Waals surface area contributed by atoms with Crippen LogP contribution in [0.15, 0.2) is 35.1 Å². The van der Waals surface area contributed by atoms with E-state index in [0.29, 0.717) is 13.0 Å². The summed E-state index contributed by atoms with van der Waals surface area (Å²) in [6.07, 6.45) is -0.687. The molecule has 0 unspecified atom stereocenters. The molecule has 0 spiro atoms. The first-order valence-electron chi connectivity index (χ1n) is 14.9. The van der Waals surface area contributed by atoms with Gasteiger partial charge in [0.1, 0.15) is 12.3 Å². The van der Waals surface area contributed by atoms with Gasteiger partial charge < -0.3 is 19.3 Å². The Morgan fingerprint density at radius 1 is 1.07 bits per heavy atom. The van der Waals surface area contributed by atoms with Gasteiger partial charge in [-0.3, -0.25) is 24.5 Å². The molecule has 0 aliphatic carbocycles. The van der Waals surface area contributed by atoms with Crippen LogP contribution in [0.4, 0.5) is 11.9 Å². The molecular weight excluding hydrogens is 581 g/mol. The number of amides is 1. The highest BCUT2D eigenvalue weighted by molar-refractivity contribution is 6.74. The van der Waals surface area contributed by atoms with Crippen LogP contribution in [0.5, 0.6) is 0 Å². The number of rotatable bonds is 9. The second-order valence-corrected chi connectivity index (χ2v) is 24.1. The summed E-state index contributed by atoms with van der Waals surface area (Å²) in [7, 11) is -4.29. The Balaban J connectivity index is 1.72. The quantitative estimate of drug-likeness (QED) is 0.260.